The van der Waals surface area contributed by atoms with Crippen LogP contribution < -0.4 is 5.73 Å². The van der Waals surface area contributed by atoms with Crippen LogP contribution in [0.5, 0.6) is 0 Å². The Kier molecular flexibility index (Phi) is 4.58. The molecule has 0 aliphatic rings. The minimum absolute atomic E-state index is 0.199. The minimum atomic E-state index is -4.74. The van der Waals surface area contributed by atoms with Gasteiger partial charge in [0.2, 0.25) is 0 Å². The number of rotatable bonds is 2. The molecule has 20 heavy (non-hydrogen) atoms. The van der Waals surface area contributed by atoms with E-state index in [4.69, 9.17) is 5.73 Å². The summed E-state index contributed by atoms with van der Waals surface area (Å²) in [5.41, 5.74) is 5.49. The van der Waals surface area contributed by atoms with Crippen LogP contribution in [0.4, 0.5) is 17.6 Å². The summed E-state index contributed by atoms with van der Waals surface area (Å²) in [4.78, 5) is 0. The average molecular weight is 433 g/mol. The molecule has 1 aromatic heterocycles. The van der Waals surface area contributed by atoms with E-state index in [2.05, 4.69) is 31.9 Å². The Morgan fingerprint density at radius 1 is 1.15 bits per heavy atom. The molecule has 1 nitrogen and oxygen atoms in total. The van der Waals surface area contributed by atoms with Gasteiger partial charge in [-0.25, -0.2) is 4.39 Å². The molecule has 1 heterocycles. The van der Waals surface area contributed by atoms with Crippen LogP contribution in [0.1, 0.15) is 22.7 Å². The second kappa shape index (κ2) is 5.75. The Hall–Kier alpha value is -0.440. The summed E-state index contributed by atoms with van der Waals surface area (Å²) >= 11 is 7.94. The van der Waals surface area contributed by atoms with Gasteiger partial charge < -0.3 is 5.73 Å². The number of hydrogen-bond donors (Lipinski definition) is 1. The van der Waals surface area contributed by atoms with Crippen LogP contribution in [0, 0.1) is 5.82 Å². The summed E-state index contributed by atoms with van der Waals surface area (Å²) in [6.07, 6.45) is -4.74. The van der Waals surface area contributed by atoms with Gasteiger partial charge in [-0.2, -0.15) is 13.2 Å². The Morgan fingerprint density at radius 3 is 2.30 bits per heavy atom. The smallest absolute Gasteiger partial charge is 0.320 e. The monoisotopic (exact) mass is 431 g/mol. The van der Waals surface area contributed by atoms with Gasteiger partial charge in [-0.15, -0.1) is 11.3 Å². The summed E-state index contributed by atoms with van der Waals surface area (Å²) in [7, 11) is 0. The predicted molar refractivity (Wildman–Crippen MR) is 77.2 cm³/mol. The largest absolute Gasteiger partial charge is 0.419 e. The first-order valence-electron chi connectivity index (χ1n) is 5.27. The number of nitrogens with two attached hydrogens (primary N) is 1. The summed E-state index contributed by atoms with van der Waals surface area (Å²) in [5.74, 6) is -1.31. The van der Waals surface area contributed by atoms with Crippen LogP contribution in [0.3, 0.4) is 0 Å². The maximum absolute atomic E-state index is 13.2. The van der Waals surface area contributed by atoms with Gasteiger partial charge in [0.15, 0.2) is 0 Å². The summed E-state index contributed by atoms with van der Waals surface area (Å²) in [6, 6.07) is 3.74. The second-order valence-electron chi connectivity index (χ2n) is 3.99. The molecule has 108 valence electrons. The fourth-order valence-corrected chi connectivity index (χ4v) is 4.63. The van der Waals surface area contributed by atoms with E-state index < -0.39 is 23.6 Å². The van der Waals surface area contributed by atoms with Gasteiger partial charge in [-0.3, -0.25) is 0 Å². The standard InChI is InChI=1S/C12H7Br2F4NS/c13-9-4-6(11(14)20-9)10(19)5-1-2-8(15)7(3-5)12(16,17)18/h1-4,10H,19H2. The molecular formula is C12H7Br2F4NS. The molecule has 1 unspecified atom stereocenters. The van der Waals surface area contributed by atoms with Crippen molar-refractivity contribution in [3.63, 3.8) is 0 Å². The third kappa shape index (κ3) is 3.24. The molecule has 0 amide bonds. The van der Waals surface area contributed by atoms with Crippen molar-refractivity contribution in [2.75, 3.05) is 0 Å². The molecule has 1 atom stereocenters. The Balaban J connectivity index is 2.46. The van der Waals surface area contributed by atoms with Crippen molar-refractivity contribution in [1.29, 1.82) is 0 Å². The van der Waals surface area contributed by atoms with E-state index in [1.807, 2.05) is 0 Å². The van der Waals surface area contributed by atoms with Crippen molar-refractivity contribution < 1.29 is 17.6 Å². The van der Waals surface area contributed by atoms with Gasteiger partial charge in [-0.1, -0.05) is 6.07 Å². The first-order chi connectivity index (χ1) is 9.20. The fraction of sp³-hybridized carbons (Fsp3) is 0.167. The molecule has 0 radical (unpaired) electrons. The molecule has 0 saturated heterocycles. The molecule has 0 aliphatic carbocycles. The molecule has 2 aromatic rings. The van der Waals surface area contributed by atoms with Crippen LogP contribution in [0.15, 0.2) is 31.8 Å². The van der Waals surface area contributed by atoms with E-state index in [0.29, 0.717) is 5.56 Å². The number of halogens is 6. The molecule has 0 bridgehead atoms. The normalized spacial score (nSPS) is 13.6. The van der Waals surface area contributed by atoms with Crippen LogP contribution in [-0.4, -0.2) is 0 Å². The molecule has 2 N–H and O–H groups in total. The Bertz CT molecular complexity index is 639. The van der Waals surface area contributed by atoms with Gasteiger partial charge >= 0.3 is 6.18 Å². The van der Waals surface area contributed by atoms with Crippen molar-refractivity contribution in [3.05, 3.63) is 54.3 Å². The first kappa shape index (κ1) is 15.9. The van der Waals surface area contributed by atoms with Crippen molar-refractivity contribution in [1.82, 2.24) is 0 Å². The topological polar surface area (TPSA) is 26.0 Å². The third-order valence-corrected chi connectivity index (χ3v) is 5.06. The second-order valence-corrected chi connectivity index (χ2v) is 7.74. The van der Waals surface area contributed by atoms with E-state index in [9.17, 15) is 17.6 Å². The number of benzene rings is 1. The predicted octanol–water partition coefficient (Wildman–Crippen LogP) is 5.48. The molecule has 8 heteroatoms. The van der Waals surface area contributed by atoms with Gasteiger partial charge in [0.1, 0.15) is 5.82 Å². The molecule has 0 fully saturated rings. The Morgan fingerprint density at radius 2 is 1.80 bits per heavy atom. The van der Waals surface area contributed by atoms with Crippen molar-refractivity contribution >= 4 is 43.2 Å². The molecule has 1 aromatic carbocycles. The zero-order valence-electron chi connectivity index (χ0n) is 9.64. The summed E-state index contributed by atoms with van der Waals surface area (Å²) in [6.45, 7) is 0. The lowest BCUT2D eigenvalue weighted by atomic mass is 9.99. The zero-order chi connectivity index (χ0) is 15.1. The van der Waals surface area contributed by atoms with Crippen LogP contribution in [0.25, 0.3) is 0 Å². The molecule has 0 saturated carbocycles. The van der Waals surface area contributed by atoms with Crippen LogP contribution >= 0.6 is 43.2 Å². The highest BCUT2D eigenvalue weighted by atomic mass is 79.9. The van der Waals surface area contributed by atoms with Crippen molar-refractivity contribution in [2.45, 2.75) is 12.2 Å². The zero-order valence-corrected chi connectivity index (χ0v) is 13.6. The fourth-order valence-electron chi connectivity index (χ4n) is 1.70. The molecule has 0 spiro atoms. The van der Waals surface area contributed by atoms with Crippen molar-refractivity contribution in [2.24, 2.45) is 5.73 Å². The quantitative estimate of drug-likeness (QED) is 0.625. The van der Waals surface area contributed by atoms with Gasteiger partial charge in [-0.05, 0) is 61.2 Å². The van der Waals surface area contributed by atoms with Gasteiger partial charge in [0, 0.05) is 0 Å². The highest BCUT2D eigenvalue weighted by molar-refractivity contribution is 9.12. The van der Waals surface area contributed by atoms with E-state index in [-0.39, 0.29) is 5.56 Å². The van der Waals surface area contributed by atoms with E-state index in [1.54, 1.807) is 6.07 Å². The lowest BCUT2D eigenvalue weighted by Crippen LogP contribution is -2.15. The maximum atomic E-state index is 13.2. The van der Waals surface area contributed by atoms with Crippen LogP contribution in [0.2, 0.25) is 0 Å². The maximum Gasteiger partial charge on any atom is 0.419 e. The first-order valence-corrected chi connectivity index (χ1v) is 7.67. The average Bonchev–Trinajstić information content (AvgIpc) is 2.66. The van der Waals surface area contributed by atoms with Crippen molar-refractivity contribution in [3.8, 4) is 0 Å². The SMILES string of the molecule is NC(c1ccc(F)c(C(F)(F)F)c1)c1cc(Br)sc1Br. The summed E-state index contributed by atoms with van der Waals surface area (Å²) < 4.78 is 52.8. The van der Waals surface area contributed by atoms with E-state index in [0.717, 1.165) is 19.7 Å². The van der Waals surface area contributed by atoms with Gasteiger partial charge in [0.05, 0.1) is 19.2 Å². The highest BCUT2D eigenvalue weighted by Crippen LogP contribution is 2.38. The minimum Gasteiger partial charge on any atom is -0.320 e. The lowest BCUT2D eigenvalue weighted by molar-refractivity contribution is -0.140. The molecular weight excluding hydrogens is 426 g/mol. The lowest BCUT2D eigenvalue weighted by Gasteiger charge is -2.15. The van der Waals surface area contributed by atoms with E-state index in [1.165, 1.54) is 17.4 Å². The Labute approximate surface area is 133 Å². The number of thiophene rings is 1. The summed E-state index contributed by atoms with van der Waals surface area (Å²) in [5, 5.41) is 0. The number of alkyl halides is 3. The highest BCUT2D eigenvalue weighted by Gasteiger charge is 2.34. The molecule has 2 rings (SSSR count). The van der Waals surface area contributed by atoms with Crippen LogP contribution in [-0.2, 0) is 6.18 Å². The van der Waals surface area contributed by atoms with Gasteiger partial charge in [0.25, 0.3) is 0 Å². The third-order valence-electron chi connectivity index (χ3n) is 2.67. The molecule has 0 aliphatic heterocycles. The van der Waals surface area contributed by atoms with E-state index >= 15 is 0 Å². The number of hydrogen-bond acceptors (Lipinski definition) is 2.